The summed E-state index contributed by atoms with van der Waals surface area (Å²) in [6.07, 6.45) is -0.145. The summed E-state index contributed by atoms with van der Waals surface area (Å²) in [5.74, 6) is 0. The van der Waals surface area contributed by atoms with E-state index >= 15 is 0 Å². The van der Waals surface area contributed by atoms with E-state index in [9.17, 15) is 4.79 Å². The molecule has 0 aliphatic carbocycles. The Morgan fingerprint density at radius 3 is 2.55 bits per heavy atom. The van der Waals surface area contributed by atoms with Gasteiger partial charge in [0.2, 0.25) is 0 Å². The van der Waals surface area contributed by atoms with E-state index in [2.05, 4.69) is 6.07 Å². The van der Waals surface area contributed by atoms with Crippen molar-refractivity contribution in [3.05, 3.63) is 29.3 Å². The lowest BCUT2D eigenvalue weighted by atomic mass is 10.1. The second-order valence-electron chi connectivity index (χ2n) is 5.83. The van der Waals surface area contributed by atoms with Crippen LogP contribution in [0.15, 0.2) is 18.2 Å². The van der Waals surface area contributed by atoms with Crippen LogP contribution in [0.4, 0.5) is 10.5 Å². The smallest absolute Gasteiger partial charge is 0.414 e. The van der Waals surface area contributed by atoms with Crippen LogP contribution in [0.25, 0.3) is 0 Å². The zero-order chi connectivity index (χ0) is 15.3. The van der Waals surface area contributed by atoms with Crippen LogP contribution < -0.4 is 4.90 Å². The number of benzene rings is 1. The maximum atomic E-state index is 12.3. The molecule has 0 saturated carbocycles. The molecule has 0 atom stereocenters. The molecule has 4 heteroatoms. The Kier molecular flexibility index (Phi) is 5.15. The molecule has 1 amide bonds. The molecule has 0 aromatic heterocycles. The molecule has 0 radical (unpaired) electrons. The molecular formula is C16H22N2O2. The van der Waals surface area contributed by atoms with Crippen molar-refractivity contribution in [3.8, 4) is 6.07 Å². The number of hydrogen-bond donors (Lipinski definition) is 0. The minimum Gasteiger partial charge on any atom is -0.443 e. The third-order valence-corrected chi connectivity index (χ3v) is 2.72. The van der Waals surface area contributed by atoms with Crippen molar-refractivity contribution in [1.82, 2.24) is 0 Å². The molecule has 108 valence electrons. The monoisotopic (exact) mass is 274 g/mol. The lowest BCUT2D eigenvalue weighted by Crippen LogP contribution is -2.37. The van der Waals surface area contributed by atoms with Crippen LogP contribution in [0.1, 0.15) is 38.3 Å². The number of aryl methyl sites for hydroxylation is 2. The lowest BCUT2D eigenvalue weighted by Gasteiger charge is -2.28. The summed E-state index contributed by atoms with van der Waals surface area (Å²) in [6.45, 7) is 9.73. The van der Waals surface area contributed by atoms with Gasteiger partial charge in [-0.05, 0) is 51.8 Å². The van der Waals surface area contributed by atoms with Gasteiger partial charge >= 0.3 is 6.09 Å². The van der Waals surface area contributed by atoms with Crippen LogP contribution >= 0.6 is 0 Å². The van der Waals surface area contributed by atoms with E-state index in [1.165, 1.54) is 4.90 Å². The lowest BCUT2D eigenvalue weighted by molar-refractivity contribution is 0.0581. The van der Waals surface area contributed by atoms with Crippen LogP contribution in [0.2, 0.25) is 0 Å². The first-order valence-corrected chi connectivity index (χ1v) is 6.69. The molecule has 0 bridgehead atoms. The van der Waals surface area contributed by atoms with Crippen LogP contribution in [-0.2, 0) is 4.74 Å². The summed E-state index contributed by atoms with van der Waals surface area (Å²) in [4.78, 5) is 13.9. The van der Waals surface area contributed by atoms with Gasteiger partial charge < -0.3 is 4.74 Å². The van der Waals surface area contributed by atoms with E-state index in [0.29, 0.717) is 6.54 Å². The molecule has 0 N–H and O–H groups in total. The number of anilines is 1. The predicted octanol–water partition coefficient (Wildman–Crippen LogP) is 3.96. The number of ether oxygens (including phenoxy) is 1. The first-order chi connectivity index (χ1) is 9.24. The molecule has 0 unspecified atom stereocenters. The zero-order valence-electron chi connectivity index (χ0n) is 12.9. The quantitative estimate of drug-likeness (QED) is 0.838. The molecule has 20 heavy (non-hydrogen) atoms. The van der Waals surface area contributed by atoms with Crippen molar-refractivity contribution in [2.45, 2.75) is 46.6 Å². The first-order valence-electron chi connectivity index (χ1n) is 6.69. The maximum absolute atomic E-state index is 12.3. The highest BCUT2D eigenvalue weighted by Gasteiger charge is 2.24. The second-order valence-corrected chi connectivity index (χ2v) is 5.83. The van der Waals surface area contributed by atoms with Gasteiger partial charge in [-0.2, -0.15) is 5.26 Å². The van der Waals surface area contributed by atoms with Gasteiger partial charge in [0.25, 0.3) is 0 Å². The summed E-state index contributed by atoms with van der Waals surface area (Å²) < 4.78 is 5.42. The number of carbonyl (C=O) groups excluding carboxylic acids is 1. The molecule has 0 aliphatic heterocycles. The molecule has 0 spiro atoms. The zero-order valence-corrected chi connectivity index (χ0v) is 12.9. The normalized spacial score (nSPS) is 10.8. The van der Waals surface area contributed by atoms with Crippen LogP contribution in [-0.4, -0.2) is 18.2 Å². The highest BCUT2D eigenvalue weighted by molar-refractivity contribution is 5.89. The topological polar surface area (TPSA) is 53.3 Å². The molecular weight excluding hydrogens is 252 g/mol. The van der Waals surface area contributed by atoms with Crippen molar-refractivity contribution in [2.24, 2.45) is 0 Å². The van der Waals surface area contributed by atoms with Crippen molar-refractivity contribution >= 4 is 11.8 Å². The Morgan fingerprint density at radius 2 is 2.00 bits per heavy atom. The van der Waals surface area contributed by atoms with Crippen molar-refractivity contribution in [2.75, 3.05) is 11.4 Å². The molecule has 0 aliphatic rings. The van der Waals surface area contributed by atoms with E-state index in [1.807, 2.05) is 52.8 Å². The molecule has 0 fully saturated rings. The fraction of sp³-hybridized carbons (Fsp3) is 0.500. The summed E-state index contributed by atoms with van der Waals surface area (Å²) >= 11 is 0. The Labute approximate surface area is 121 Å². The fourth-order valence-corrected chi connectivity index (χ4v) is 1.80. The van der Waals surface area contributed by atoms with Gasteiger partial charge in [-0.15, -0.1) is 0 Å². The molecule has 1 aromatic rings. The minimum absolute atomic E-state index is 0.270. The van der Waals surface area contributed by atoms with Crippen LogP contribution in [0.5, 0.6) is 0 Å². The summed E-state index contributed by atoms with van der Waals surface area (Å²) in [5, 5.41) is 8.77. The summed E-state index contributed by atoms with van der Waals surface area (Å²) in [5.41, 5.74) is 2.30. The average molecular weight is 274 g/mol. The standard InChI is InChI=1S/C16H22N2O2/c1-12-7-8-13(2)14(11-12)18(10-6-9-17)15(19)20-16(3,4)5/h7-8,11H,6,10H2,1-5H3. The van der Waals surface area contributed by atoms with Crippen LogP contribution in [0.3, 0.4) is 0 Å². The number of rotatable bonds is 3. The molecule has 1 rings (SSSR count). The molecule has 0 heterocycles. The van der Waals surface area contributed by atoms with E-state index in [4.69, 9.17) is 10.00 Å². The minimum atomic E-state index is -0.556. The van der Waals surface area contributed by atoms with Gasteiger partial charge in [0.15, 0.2) is 0 Å². The van der Waals surface area contributed by atoms with Gasteiger partial charge in [0, 0.05) is 6.54 Å². The number of hydrogen-bond acceptors (Lipinski definition) is 3. The Bertz CT molecular complexity index is 524. The number of amides is 1. The molecule has 1 aromatic carbocycles. The summed E-state index contributed by atoms with van der Waals surface area (Å²) in [6, 6.07) is 7.97. The number of carbonyl (C=O) groups is 1. The second kappa shape index (κ2) is 6.42. The van der Waals surface area contributed by atoms with E-state index in [0.717, 1.165) is 16.8 Å². The van der Waals surface area contributed by atoms with E-state index in [1.54, 1.807) is 0 Å². The van der Waals surface area contributed by atoms with Crippen molar-refractivity contribution in [1.29, 1.82) is 5.26 Å². The fourth-order valence-electron chi connectivity index (χ4n) is 1.80. The molecule has 4 nitrogen and oxygen atoms in total. The average Bonchev–Trinajstić information content (AvgIpc) is 2.31. The Balaban J connectivity index is 3.09. The van der Waals surface area contributed by atoms with Crippen molar-refractivity contribution in [3.63, 3.8) is 0 Å². The van der Waals surface area contributed by atoms with Crippen LogP contribution in [0, 0.1) is 25.2 Å². The Morgan fingerprint density at radius 1 is 1.35 bits per heavy atom. The summed E-state index contributed by atoms with van der Waals surface area (Å²) in [7, 11) is 0. The van der Waals surface area contributed by atoms with Gasteiger partial charge in [0.05, 0.1) is 18.2 Å². The van der Waals surface area contributed by atoms with Gasteiger partial charge in [-0.3, -0.25) is 4.90 Å². The Hall–Kier alpha value is -2.02. The SMILES string of the molecule is Cc1ccc(C)c(N(CCC#N)C(=O)OC(C)(C)C)c1. The predicted molar refractivity (Wildman–Crippen MR) is 79.7 cm³/mol. The van der Waals surface area contributed by atoms with Gasteiger partial charge in [0.1, 0.15) is 5.60 Å². The maximum Gasteiger partial charge on any atom is 0.414 e. The van der Waals surface area contributed by atoms with E-state index < -0.39 is 11.7 Å². The highest BCUT2D eigenvalue weighted by atomic mass is 16.6. The van der Waals surface area contributed by atoms with Crippen molar-refractivity contribution < 1.29 is 9.53 Å². The van der Waals surface area contributed by atoms with E-state index in [-0.39, 0.29) is 6.42 Å². The third kappa shape index (κ3) is 4.58. The van der Waals surface area contributed by atoms with Gasteiger partial charge in [-0.1, -0.05) is 12.1 Å². The first kappa shape index (κ1) is 16.0. The number of nitrogens with zero attached hydrogens (tertiary/aromatic N) is 2. The number of nitriles is 1. The largest absolute Gasteiger partial charge is 0.443 e. The highest BCUT2D eigenvalue weighted by Crippen LogP contribution is 2.24. The molecule has 0 saturated heterocycles. The van der Waals surface area contributed by atoms with Gasteiger partial charge in [-0.25, -0.2) is 4.79 Å². The third-order valence-electron chi connectivity index (χ3n) is 2.72.